The molecule has 0 bridgehead atoms. The number of thiazole rings is 1. The first-order valence-corrected chi connectivity index (χ1v) is 10.9. The number of anilines is 1. The van der Waals surface area contributed by atoms with Crippen LogP contribution in [0, 0.1) is 0 Å². The average Bonchev–Trinajstić information content (AvgIpc) is 3.13. The Morgan fingerprint density at radius 3 is 2.57 bits per heavy atom. The maximum atomic E-state index is 13.1. The van der Waals surface area contributed by atoms with Gasteiger partial charge in [-0.3, -0.25) is 9.69 Å². The molecule has 1 heterocycles. The van der Waals surface area contributed by atoms with Crippen molar-refractivity contribution in [3.63, 3.8) is 0 Å². The van der Waals surface area contributed by atoms with Crippen molar-refractivity contribution in [3.8, 4) is 5.75 Å². The van der Waals surface area contributed by atoms with Crippen molar-refractivity contribution in [1.82, 2.24) is 9.88 Å². The summed E-state index contributed by atoms with van der Waals surface area (Å²) in [6.07, 6.45) is 2.12. The molecule has 0 aliphatic rings. The number of fused-ring (bicyclic) bond motifs is 1. The van der Waals surface area contributed by atoms with E-state index in [-0.39, 0.29) is 18.3 Å². The number of hydrogen-bond acceptors (Lipinski definition) is 5. The van der Waals surface area contributed by atoms with E-state index in [1.54, 1.807) is 11.3 Å². The van der Waals surface area contributed by atoms with E-state index in [1.165, 1.54) is 5.56 Å². The summed E-state index contributed by atoms with van der Waals surface area (Å²) in [4.78, 5) is 21.8. The fourth-order valence-corrected chi connectivity index (χ4v) is 4.20. The maximum Gasteiger partial charge on any atom is 0.229 e. The number of halogens is 1. The van der Waals surface area contributed by atoms with Crippen molar-refractivity contribution < 1.29 is 9.53 Å². The molecule has 0 aliphatic heterocycles. The number of benzene rings is 2. The van der Waals surface area contributed by atoms with Crippen molar-refractivity contribution >= 4 is 45.0 Å². The summed E-state index contributed by atoms with van der Waals surface area (Å²) in [5, 5.41) is 0.769. The highest BCUT2D eigenvalue weighted by molar-refractivity contribution is 7.22. The molecule has 0 N–H and O–H groups in total. The Hall–Kier alpha value is -2.15. The molecule has 1 amide bonds. The minimum atomic E-state index is 0. The Morgan fingerprint density at radius 2 is 1.87 bits per heavy atom. The minimum Gasteiger partial charge on any atom is -0.494 e. The number of carbonyl (C=O) groups is 1. The van der Waals surface area contributed by atoms with Gasteiger partial charge in [-0.25, -0.2) is 4.98 Å². The molecule has 0 atom stereocenters. The van der Waals surface area contributed by atoms with E-state index in [1.807, 2.05) is 48.2 Å². The van der Waals surface area contributed by atoms with Gasteiger partial charge in [0.25, 0.3) is 0 Å². The monoisotopic (exact) mass is 447 g/mol. The van der Waals surface area contributed by atoms with Gasteiger partial charge in [0, 0.05) is 13.0 Å². The molecule has 0 fully saturated rings. The van der Waals surface area contributed by atoms with Crippen LogP contribution in [0.3, 0.4) is 0 Å². The summed E-state index contributed by atoms with van der Waals surface area (Å²) in [6.45, 7) is 4.21. The standard InChI is InChI=1S/C23H29N3O2S.ClH/c1-4-28-19-12-13-20-21(17-19)29-23(24-20)26(16-8-15-25(2)3)22(27)14-11-18-9-6-5-7-10-18;/h5-7,9-10,12-13,17H,4,8,11,14-16H2,1-3H3;1H. The van der Waals surface area contributed by atoms with E-state index >= 15 is 0 Å². The number of aryl methyl sites for hydroxylation is 1. The van der Waals surface area contributed by atoms with Crippen LogP contribution in [0.1, 0.15) is 25.3 Å². The molecule has 5 nitrogen and oxygen atoms in total. The normalized spacial score (nSPS) is 10.8. The van der Waals surface area contributed by atoms with Crippen molar-refractivity contribution in [2.75, 3.05) is 38.7 Å². The lowest BCUT2D eigenvalue weighted by Gasteiger charge is -2.21. The van der Waals surface area contributed by atoms with Crippen molar-refractivity contribution in [2.45, 2.75) is 26.2 Å². The van der Waals surface area contributed by atoms with Gasteiger partial charge in [0.15, 0.2) is 5.13 Å². The lowest BCUT2D eigenvalue weighted by atomic mass is 10.1. The summed E-state index contributed by atoms with van der Waals surface area (Å²) in [7, 11) is 4.10. The highest BCUT2D eigenvalue weighted by Gasteiger charge is 2.19. The number of rotatable bonds is 10. The first kappa shape index (κ1) is 24.1. The van der Waals surface area contributed by atoms with Gasteiger partial charge in [-0.15, -0.1) is 12.4 Å². The van der Waals surface area contributed by atoms with E-state index in [2.05, 4.69) is 31.1 Å². The topological polar surface area (TPSA) is 45.7 Å². The van der Waals surface area contributed by atoms with E-state index in [0.29, 0.717) is 19.6 Å². The van der Waals surface area contributed by atoms with Crippen molar-refractivity contribution in [1.29, 1.82) is 0 Å². The van der Waals surface area contributed by atoms with Crippen molar-refractivity contribution in [2.24, 2.45) is 0 Å². The lowest BCUT2D eigenvalue weighted by molar-refractivity contribution is -0.118. The molecular formula is C23H30ClN3O2S. The Bertz CT molecular complexity index is 931. The van der Waals surface area contributed by atoms with Gasteiger partial charge in [0.05, 0.1) is 16.8 Å². The number of nitrogens with zero attached hydrogens (tertiary/aromatic N) is 3. The van der Waals surface area contributed by atoms with E-state index in [9.17, 15) is 4.79 Å². The minimum absolute atomic E-state index is 0. The summed E-state index contributed by atoms with van der Waals surface area (Å²) in [5.74, 6) is 0.960. The van der Waals surface area contributed by atoms with Gasteiger partial charge in [0.1, 0.15) is 5.75 Å². The van der Waals surface area contributed by atoms with Crippen LogP contribution in [0.4, 0.5) is 5.13 Å². The van der Waals surface area contributed by atoms with Gasteiger partial charge in [-0.2, -0.15) is 0 Å². The second-order valence-corrected chi connectivity index (χ2v) is 8.26. The second kappa shape index (κ2) is 11.9. The van der Waals surface area contributed by atoms with E-state index < -0.39 is 0 Å². The number of aromatic nitrogens is 1. The fourth-order valence-electron chi connectivity index (χ4n) is 3.17. The van der Waals surface area contributed by atoms with Crippen LogP contribution in [0.25, 0.3) is 10.2 Å². The molecular weight excluding hydrogens is 418 g/mol. The molecule has 0 saturated carbocycles. The highest BCUT2D eigenvalue weighted by Crippen LogP contribution is 2.32. The van der Waals surface area contributed by atoms with Crippen LogP contribution in [0.5, 0.6) is 5.75 Å². The van der Waals surface area contributed by atoms with Gasteiger partial charge < -0.3 is 9.64 Å². The van der Waals surface area contributed by atoms with Gasteiger partial charge in [-0.1, -0.05) is 41.7 Å². The van der Waals surface area contributed by atoms with Crippen LogP contribution >= 0.6 is 23.7 Å². The Morgan fingerprint density at radius 1 is 1.10 bits per heavy atom. The molecule has 0 aliphatic carbocycles. The molecule has 3 rings (SSSR count). The first-order valence-electron chi connectivity index (χ1n) is 10.1. The van der Waals surface area contributed by atoms with Gasteiger partial charge >= 0.3 is 0 Å². The first-order chi connectivity index (χ1) is 14.1. The number of amides is 1. The second-order valence-electron chi connectivity index (χ2n) is 7.25. The zero-order valence-corrected chi connectivity index (χ0v) is 19.5. The largest absolute Gasteiger partial charge is 0.494 e. The van der Waals surface area contributed by atoms with Gasteiger partial charge in [-0.05, 0) is 64.2 Å². The molecule has 7 heteroatoms. The third kappa shape index (κ3) is 6.69. The number of carbonyl (C=O) groups excluding carboxylic acids is 1. The van der Waals surface area contributed by atoms with Crippen LogP contribution in [-0.2, 0) is 11.2 Å². The van der Waals surface area contributed by atoms with E-state index in [0.717, 1.165) is 40.5 Å². The summed E-state index contributed by atoms with van der Waals surface area (Å²) < 4.78 is 6.64. The summed E-state index contributed by atoms with van der Waals surface area (Å²) in [6, 6.07) is 16.1. The SMILES string of the molecule is CCOc1ccc2nc(N(CCCN(C)C)C(=O)CCc3ccccc3)sc2c1.Cl. The van der Waals surface area contributed by atoms with Crippen molar-refractivity contribution in [3.05, 3.63) is 54.1 Å². The Labute approximate surface area is 189 Å². The van der Waals surface area contributed by atoms with Crippen LogP contribution < -0.4 is 9.64 Å². The van der Waals surface area contributed by atoms with Gasteiger partial charge in [0.2, 0.25) is 5.91 Å². The zero-order chi connectivity index (χ0) is 20.6. The van der Waals surface area contributed by atoms with Crippen LogP contribution in [-0.4, -0.2) is 49.6 Å². The maximum absolute atomic E-state index is 13.1. The Kier molecular flexibility index (Phi) is 9.56. The molecule has 3 aromatic rings. The third-order valence-electron chi connectivity index (χ3n) is 4.65. The van der Waals surface area contributed by atoms with Crippen LogP contribution in [0.2, 0.25) is 0 Å². The third-order valence-corrected chi connectivity index (χ3v) is 5.69. The number of ether oxygens (including phenoxy) is 1. The molecule has 1 aromatic heterocycles. The molecule has 162 valence electrons. The highest BCUT2D eigenvalue weighted by atomic mass is 35.5. The molecule has 30 heavy (non-hydrogen) atoms. The average molecular weight is 448 g/mol. The summed E-state index contributed by atoms with van der Waals surface area (Å²) in [5.41, 5.74) is 2.08. The molecule has 0 radical (unpaired) electrons. The molecule has 0 saturated heterocycles. The smallest absolute Gasteiger partial charge is 0.229 e. The lowest BCUT2D eigenvalue weighted by Crippen LogP contribution is -2.33. The fraction of sp³-hybridized carbons (Fsp3) is 0.391. The predicted octanol–water partition coefficient (Wildman–Crippen LogP) is 5.03. The number of hydrogen-bond donors (Lipinski definition) is 0. The quantitative estimate of drug-likeness (QED) is 0.437. The zero-order valence-electron chi connectivity index (χ0n) is 17.8. The predicted molar refractivity (Wildman–Crippen MR) is 128 cm³/mol. The Balaban J connectivity index is 0.00000320. The summed E-state index contributed by atoms with van der Waals surface area (Å²) >= 11 is 1.55. The molecule has 2 aromatic carbocycles. The van der Waals surface area contributed by atoms with Crippen LogP contribution in [0.15, 0.2) is 48.5 Å². The molecule has 0 unspecified atom stereocenters. The van der Waals surface area contributed by atoms with E-state index in [4.69, 9.17) is 9.72 Å². The molecule has 0 spiro atoms.